The molecule has 4 rings (SSSR count). The molecule has 3 N–H and O–H groups in total. The summed E-state index contributed by atoms with van der Waals surface area (Å²) in [6.07, 6.45) is 0.507. The van der Waals surface area contributed by atoms with Crippen LogP contribution in [-0.4, -0.2) is 51.2 Å². The SMILES string of the molecule is COc1ccc(CCNC(=O)c2ccccc2NS(=O)(=O)c2nnc(NC(=O)c3ccccc3Cl)s2)cc1OC. The minimum absolute atomic E-state index is 0.0357. The van der Waals surface area contributed by atoms with E-state index in [9.17, 15) is 18.0 Å². The number of methoxy groups -OCH3 is 2. The third-order valence-corrected chi connectivity index (χ3v) is 8.44. The van der Waals surface area contributed by atoms with Crippen molar-refractivity contribution < 1.29 is 27.5 Å². The van der Waals surface area contributed by atoms with Crippen LogP contribution in [0.1, 0.15) is 26.3 Å². The molecule has 0 radical (unpaired) electrons. The van der Waals surface area contributed by atoms with Crippen LogP contribution in [0.15, 0.2) is 71.1 Å². The summed E-state index contributed by atoms with van der Waals surface area (Å²) in [5.74, 6) is 0.147. The molecule has 0 spiro atoms. The molecule has 0 aliphatic rings. The molecule has 208 valence electrons. The number of hydrogen-bond donors (Lipinski definition) is 3. The molecule has 0 aliphatic carbocycles. The Kier molecular flexibility index (Phi) is 9.19. The Labute approximate surface area is 239 Å². The van der Waals surface area contributed by atoms with Crippen molar-refractivity contribution in [3.05, 3.63) is 88.4 Å². The lowest BCUT2D eigenvalue weighted by Gasteiger charge is -2.12. The van der Waals surface area contributed by atoms with Gasteiger partial charge in [0.1, 0.15) is 0 Å². The van der Waals surface area contributed by atoms with Gasteiger partial charge >= 0.3 is 0 Å². The van der Waals surface area contributed by atoms with Crippen molar-refractivity contribution in [2.45, 2.75) is 10.8 Å². The first-order valence-corrected chi connectivity index (χ1v) is 14.4. The van der Waals surface area contributed by atoms with Crippen molar-refractivity contribution in [3.8, 4) is 11.5 Å². The van der Waals surface area contributed by atoms with E-state index < -0.39 is 26.2 Å². The topological polar surface area (TPSA) is 149 Å². The van der Waals surface area contributed by atoms with Crippen LogP contribution in [0.25, 0.3) is 0 Å². The lowest BCUT2D eigenvalue weighted by Crippen LogP contribution is -2.27. The fourth-order valence-corrected chi connectivity index (χ4v) is 5.79. The van der Waals surface area contributed by atoms with Gasteiger partial charge in [-0.15, -0.1) is 10.2 Å². The molecule has 0 saturated carbocycles. The van der Waals surface area contributed by atoms with Gasteiger partial charge in [0.05, 0.1) is 36.1 Å². The number of benzene rings is 3. The van der Waals surface area contributed by atoms with E-state index in [1.165, 1.54) is 18.2 Å². The van der Waals surface area contributed by atoms with Gasteiger partial charge in [0.15, 0.2) is 11.5 Å². The molecule has 0 atom stereocenters. The number of carbonyl (C=O) groups excluding carboxylic acids is 2. The van der Waals surface area contributed by atoms with Crippen LogP contribution in [0.5, 0.6) is 11.5 Å². The van der Waals surface area contributed by atoms with Crippen LogP contribution in [0.3, 0.4) is 0 Å². The van der Waals surface area contributed by atoms with E-state index in [1.54, 1.807) is 50.6 Å². The number of ether oxygens (including phenoxy) is 2. The molecular formula is C26H24ClN5O6S2. The first kappa shape index (κ1) is 28.8. The lowest BCUT2D eigenvalue weighted by atomic mass is 10.1. The molecule has 3 aromatic carbocycles. The van der Waals surface area contributed by atoms with E-state index in [4.69, 9.17) is 21.1 Å². The van der Waals surface area contributed by atoms with Gasteiger partial charge in [-0.2, -0.15) is 8.42 Å². The number of anilines is 2. The van der Waals surface area contributed by atoms with Crippen molar-refractivity contribution in [2.24, 2.45) is 0 Å². The Morgan fingerprint density at radius 2 is 1.60 bits per heavy atom. The molecule has 40 heavy (non-hydrogen) atoms. The standard InChI is InChI=1S/C26H24ClN5O6S2/c1-37-21-12-11-16(15-22(21)38-2)13-14-28-23(33)18-8-4-6-10-20(18)32-40(35,36)26-31-30-25(39-26)29-24(34)17-7-3-5-9-19(17)27/h3-12,15,32H,13-14H2,1-2H3,(H,28,33)(H,29,30,34). The molecule has 14 heteroatoms. The van der Waals surface area contributed by atoms with E-state index >= 15 is 0 Å². The average molecular weight is 602 g/mol. The number of halogens is 1. The van der Waals surface area contributed by atoms with Gasteiger partial charge in [0.2, 0.25) is 5.13 Å². The number of hydrogen-bond acceptors (Lipinski definition) is 9. The number of rotatable bonds is 11. The average Bonchev–Trinajstić information content (AvgIpc) is 3.42. The predicted molar refractivity (Wildman–Crippen MR) is 152 cm³/mol. The first-order valence-electron chi connectivity index (χ1n) is 11.7. The fourth-order valence-electron chi connectivity index (χ4n) is 3.59. The number of aromatic nitrogens is 2. The maximum Gasteiger partial charge on any atom is 0.291 e. The summed E-state index contributed by atoms with van der Waals surface area (Å²) in [5.41, 5.74) is 1.30. The lowest BCUT2D eigenvalue weighted by molar-refractivity contribution is 0.0954. The van der Waals surface area contributed by atoms with Gasteiger partial charge in [-0.1, -0.05) is 53.3 Å². The van der Waals surface area contributed by atoms with Gasteiger partial charge in [-0.3, -0.25) is 19.6 Å². The molecule has 2 amide bonds. The highest BCUT2D eigenvalue weighted by atomic mass is 35.5. The Morgan fingerprint density at radius 3 is 2.33 bits per heavy atom. The Morgan fingerprint density at radius 1 is 0.900 bits per heavy atom. The van der Waals surface area contributed by atoms with Crippen molar-refractivity contribution >= 4 is 55.6 Å². The molecule has 1 heterocycles. The maximum absolute atomic E-state index is 13.0. The van der Waals surface area contributed by atoms with Gasteiger partial charge in [0, 0.05) is 6.54 Å². The summed E-state index contributed by atoms with van der Waals surface area (Å²) in [5, 5.41) is 12.9. The van der Waals surface area contributed by atoms with E-state index in [0.717, 1.165) is 5.56 Å². The number of sulfonamides is 1. The van der Waals surface area contributed by atoms with Crippen LogP contribution in [0, 0.1) is 0 Å². The monoisotopic (exact) mass is 601 g/mol. The second kappa shape index (κ2) is 12.8. The number of nitrogens with one attached hydrogen (secondary N) is 3. The van der Waals surface area contributed by atoms with Crippen molar-refractivity contribution in [1.29, 1.82) is 0 Å². The zero-order chi connectivity index (χ0) is 28.7. The summed E-state index contributed by atoms with van der Waals surface area (Å²) >= 11 is 6.69. The highest BCUT2D eigenvalue weighted by Gasteiger charge is 2.24. The Hall–Kier alpha value is -4.20. The van der Waals surface area contributed by atoms with E-state index in [0.29, 0.717) is 35.8 Å². The maximum atomic E-state index is 13.0. The molecule has 0 unspecified atom stereocenters. The van der Waals surface area contributed by atoms with E-state index in [2.05, 4.69) is 25.6 Å². The molecule has 0 fully saturated rings. The van der Waals surface area contributed by atoms with Crippen LogP contribution in [-0.2, 0) is 16.4 Å². The minimum atomic E-state index is -4.22. The fraction of sp³-hybridized carbons (Fsp3) is 0.154. The molecule has 4 aromatic rings. The second-order valence-corrected chi connectivity index (χ2v) is 11.4. The van der Waals surface area contributed by atoms with Crippen LogP contribution in [0.2, 0.25) is 5.02 Å². The van der Waals surface area contributed by atoms with E-state index in [-0.39, 0.29) is 27.0 Å². The van der Waals surface area contributed by atoms with Crippen molar-refractivity contribution in [1.82, 2.24) is 15.5 Å². The third-order valence-electron chi connectivity index (χ3n) is 5.54. The third kappa shape index (κ3) is 6.86. The smallest absolute Gasteiger partial charge is 0.291 e. The minimum Gasteiger partial charge on any atom is -0.493 e. The summed E-state index contributed by atoms with van der Waals surface area (Å²) in [4.78, 5) is 25.4. The summed E-state index contributed by atoms with van der Waals surface area (Å²) in [7, 11) is -1.13. The second-order valence-electron chi connectivity index (χ2n) is 8.15. The highest BCUT2D eigenvalue weighted by Crippen LogP contribution is 2.28. The summed E-state index contributed by atoms with van der Waals surface area (Å²) in [6.45, 7) is 0.292. The van der Waals surface area contributed by atoms with Crippen LogP contribution >= 0.6 is 22.9 Å². The molecule has 1 aromatic heterocycles. The number of nitrogens with zero attached hydrogens (tertiary/aromatic N) is 2. The van der Waals surface area contributed by atoms with Gasteiger partial charge < -0.3 is 14.8 Å². The zero-order valence-corrected chi connectivity index (χ0v) is 23.7. The summed E-state index contributed by atoms with van der Waals surface area (Å²) in [6, 6.07) is 18.0. The quantitative estimate of drug-likeness (QED) is 0.216. The van der Waals surface area contributed by atoms with Crippen molar-refractivity contribution in [3.63, 3.8) is 0 Å². The number of para-hydroxylation sites is 1. The highest BCUT2D eigenvalue weighted by molar-refractivity contribution is 7.94. The number of amides is 2. The van der Waals surface area contributed by atoms with Crippen LogP contribution < -0.4 is 24.8 Å². The van der Waals surface area contributed by atoms with Gasteiger partial charge in [0.25, 0.3) is 26.2 Å². The Balaban J connectivity index is 1.41. The summed E-state index contributed by atoms with van der Waals surface area (Å²) < 4.78 is 38.6. The molecular weight excluding hydrogens is 578 g/mol. The Bertz CT molecular complexity index is 1640. The van der Waals surface area contributed by atoms with Crippen LogP contribution in [0.4, 0.5) is 10.8 Å². The molecule has 0 saturated heterocycles. The number of carbonyl (C=O) groups is 2. The zero-order valence-electron chi connectivity index (χ0n) is 21.3. The molecule has 11 nitrogen and oxygen atoms in total. The predicted octanol–water partition coefficient (Wildman–Crippen LogP) is 4.23. The molecule has 0 bridgehead atoms. The van der Waals surface area contributed by atoms with E-state index in [1.807, 2.05) is 12.1 Å². The van der Waals surface area contributed by atoms with Crippen molar-refractivity contribution in [2.75, 3.05) is 30.8 Å². The van der Waals surface area contributed by atoms with Gasteiger partial charge in [-0.05, 0) is 48.4 Å². The largest absolute Gasteiger partial charge is 0.493 e. The normalized spacial score (nSPS) is 11.0. The first-order chi connectivity index (χ1) is 19.2. The van der Waals surface area contributed by atoms with Gasteiger partial charge in [-0.25, -0.2) is 0 Å². The molecule has 0 aliphatic heterocycles.